The Morgan fingerprint density at radius 1 is 1.12 bits per heavy atom. The topological polar surface area (TPSA) is 55.4 Å². The number of anilines is 1. The van der Waals surface area contributed by atoms with Crippen LogP contribution in [0.4, 0.5) is 5.69 Å². The largest absolute Gasteiger partial charge is 0.462 e. The van der Waals surface area contributed by atoms with E-state index in [9.17, 15) is 9.59 Å². The standard InChI is InChI=1S/C19H20ClNO3S/c1-3-24-19(23)14-9-11-15(12-10-14)21-18(22)17(13(2)20)25-16-7-5-4-6-8-16/h4-13,17H,3H2,1-2H3,(H,21,22)/t13-,17-/m0/s1. The van der Waals surface area contributed by atoms with Gasteiger partial charge in [-0.15, -0.1) is 23.4 Å². The monoisotopic (exact) mass is 377 g/mol. The van der Waals surface area contributed by atoms with E-state index >= 15 is 0 Å². The quantitative estimate of drug-likeness (QED) is 0.435. The number of esters is 1. The van der Waals surface area contributed by atoms with Crippen LogP contribution >= 0.6 is 23.4 Å². The van der Waals surface area contributed by atoms with Gasteiger partial charge in [0.05, 0.1) is 17.5 Å². The first-order valence-corrected chi connectivity index (χ1v) is 9.26. The highest BCUT2D eigenvalue weighted by molar-refractivity contribution is 8.00. The average Bonchev–Trinajstić information content (AvgIpc) is 2.61. The maximum absolute atomic E-state index is 12.6. The minimum Gasteiger partial charge on any atom is -0.462 e. The molecule has 1 amide bonds. The molecule has 0 saturated heterocycles. The van der Waals surface area contributed by atoms with E-state index in [4.69, 9.17) is 16.3 Å². The molecule has 132 valence electrons. The van der Waals surface area contributed by atoms with Gasteiger partial charge in [-0.3, -0.25) is 4.79 Å². The number of alkyl halides is 1. The first kappa shape index (κ1) is 19.3. The van der Waals surface area contributed by atoms with Crippen LogP contribution in [-0.4, -0.2) is 29.1 Å². The van der Waals surface area contributed by atoms with E-state index in [2.05, 4.69) is 5.32 Å². The first-order valence-electron chi connectivity index (χ1n) is 7.95. The Kier molecular flexibility index (Phi) is 7.34. The fourth-order valence-corrected chi connectivity index (χ4v) is 3.35. The van der Waals surface area contributed by atoms with E-state index in [1.807, 2.05) is 30.3 Å². The molecule has 0 radical (unpaired) electrons. The van der Waals surface area contributed by atoms with Gasteiger partial charge in [0.1, 0.15) is 5.25 Å². The second-order valence-corrected chi connectivity index (χ2v) is 7.22. The Labute approximate surface area is 156 Å². The molecule has 2 aromatic rings. The molecule has 25 heavy (non-hydrogen) atoms. The molecule has 0 spiro atoms. The van der Waals surface area contributed by atoms with Gasteiger partial charge in [0.25, 0.3) is 0 Å². The molecule has 1 N–H and O–H groups in total. The van der Waals surface area contributed by atoms with Gasteiger partial charge in [-0.2, -0.15) is 0 Å². The van der Waals surface area contributed by atoms with Crippen molar-refractivity contribution in [1.82, 2.24) is 0 Å². The molecule has 4 nitrogen and oxygen atoms in total. The van der Waals surface area contributed by atoms with Gasteiger partial charge in [0, 0.05) is 10.6 Å². The van der Waals surface area contributed by atoms with Crippen LogP contribution in [0.2, 0.25) is 0 Å². The molecule has 0 heterocycles. The molecule has 0 fully saturated rings. The summed E-state index contributed by atoms with van der Waals surface area (Å²) in [4.78, 5) is 25.2. The summed E-state index contributed by atoms with van der Waals surface area (Å²) in [7, 11) is 0. The predicted octanol–water partition coefficient (Wildman–Crippen LogP) is 4.59. The summed E-state index contributed by atoms with van der Waals surface area (Å²) < 4.78 is 4.94. The van der Waals surface area contributed by atoms with E-state index < -0.39 is 5.25 Å². The number of carbonyl (C=O) groups is 2. The Bertz CT molecular complexity index is 704. The Morgan fingerprint density at radius 3 is 2.32 bits per heavy atom. The maximum Gasteiger partial charge on any atom is 0.338 e. The van der Waals surface area contributed by atoms with Gasteiger partial charge in [-0.25, -0.2) is 4.79 Å². The molecule has 0 bridgehead atoms. The number of thioether (sulfide) groups is 1. The van der Waals surface area contributed by atoms with Crippen LogP contribution in [0.15, 0.2) is 59.5 Å². The van der Waals surface area contributed by atoms with Crippen LogP contribution in [0.1, 0.15) is 24.2 Å². The molecular weight excluding hydrogens is 358 g/mol. The number of amides is 1. The molecule has 0 aliphatic heterocycles. The number of rotatable bonds is 7. The van der Waals surface area contributed by atoms with Gasteiger partial charge in [-0.05, 0) is 50.2 Å². The Morgan fingerprint density at radius 2 is 1.76 bits per heavy atom. The molecular formula is C19H20ClNO3S. The van der Waals surface area contributed by atoms with Crippen molar-refractivity contribution in [3.8, 4) is 0 Å². The van der Waals surface area contributed by atoms with E-state index in [0.717, 1.165) is 4.90 Å². The van der Waals surface area contributed by atoms with Crippen LogP contribution in [0.25, 0.3) is 0 Å². The number of hydrogen-bond acceptors (Lipinski definition) is 4. The summed E-state index contributed by atoms with van der Waals surface area (Å²) in [5, 5.41) is 2.07. The van der Waals surface area contributed by atoms with Gasteiger partial charge < -0.3 is 10.1 Å². The normalized spacial score (nSPS) is 12.9. The summed E-state index contributed by atoms with van der Waals surface area (Å²) in [5.41, 5.74) is 1.05. The molecule has 2 aromatic carbocycles. The highest BCUT2D eigenvalue weighted by Crippen LogP contribution is 2.28. The molecule has 0 aliphatic carbocycles. The molecule has 2 rings (SSSR count). The van der Waals surface area contributed by atoms with Crippen LogP contribution in [-0.2, 0) is 9.53 Å². The highest BCUT2D eigenvalue weighted by atomic mass is 35.5. The van der Waals surface area contributed by atoms with Crippen molar-refractivity contribution in [2.45, 2.75) is 29.4 Å². The zero-order valence-electron chi connectivity index (χ0n) is 14.1. The minimum absolute atomic E-state index is 0.180. The molecule has 0 aromatic heterocycles. The van der Waals surface area contributed by atoms with Gasteiger partial charge in [-0.1, -0.05) is 18.2 Å². The second-order valence-electron chi connectivity index (χ2n) is 5.32. The number of hydrogen-bond donors (Lipinski definition) is 1. The fourth-order valence-electron chi connectivity index (χ4n) is 2.12. The summed E-state index contributed by atoms with van der Waals surface area (Å²) in [5.74, 6) is -0.562. The lowest BCUT2D eigenvalue weighted by Gasteiger charge is -2.18. The third-order valence-corrected chi connectivity index (χ3v) is 5.17. The highest BCUT2D eigenvalue weighted by Gasteiger charge is 2.25. The number of halogens is 1. The lowest BCUT2D eigenvalue weighted by Crippen LogP contribution is -2.31. The third-order valence-electron chi connectivity index (χ3n) is 3.35. The smallest absolute Gasteiger partial charge is 0.338 e. The Balaban J connectivity index is 2.04. The third kappa shape index (κ3) is 5.80. The number of nitrogens with one attached hydrogen (secondary N) is 1. The van der Waals surface area contributed by atoms with Crippen molar-refractivity contribution in [2.24, 2.45) is 0 Å². The zero-order valence-corrected chi connectivity index (χ0v) is 15.6. The second kappa shape index (κ2) is 9.49. The lowest BCUT2D eigenvalue weighted by atomic mass is 10.2. The maximum atomic E-state index is 12.6. The number of benzene rings is 2. The van der Waals surface area contributed by atoms with E-state index in [1.165, 1.54) is 11.8 Å². The molecule has 0 aliphatic rings. The summed E-state index contributed by atoms with van der Waals surface area (Å²) in [6.07, 6.45) is 0. The number of ether oxygens (including phenoxy) is 1. The van der Waals surface area contributed by atoms with Crippen LogP contribution < -0.4 is 5.32 Å². The minimum atomic E-state index is -0.436. The molecule has 0 unspecified atom stereocenters. The van der Waals surface area contributed by atoms with Gasteiger partial charge >= 0.3 is 5.97 Å². The molecule has 0 saturated carbocycles. The van der Waals surface area contributed by atoms with Crippen molar-refractivity contribution in [3.63, 3.8) is 0 Å². The SMILES string of the molecule is CCOC(=O)c1ccc(NC(=O)[C@@H](Sc2ccccc2)[C@H](C)Cl)cc1. The lowest BCUT2D eigenvalue weighted by molar-refractivity contribution is -0.115. The average molecular weight is 378 g/mol. The summed E-state index contributed by atoms with van der Waals surface area (Å²) in [6.45, 7) is 3.87. The summed E-state index contributed by atoms with van der Waals surface area (Å²) in [6, 6.07) is 16.2. The Hall–Kier alpha value is -1.98. The van der Waals surface area contributed by atoms with E-state index in [1.54, 1.807) is 38.1 Å². The fraction of sp³-hybridized carbons (Fsp3) is 0.263. The van der Waals surface area contributed by atoms with Crippen LogP contribution in [0, 0.1) is 0 Å². The van der Waals surface area contributed by atoms with Crippen LogP contribution in [0.3, 0.4) is 0 Å². The molecule has 2 atom stereocenters. The van der Waals surface area contributed by atoms with Gasteiger partial charge in [0.2, 0.25) is 5.91 Å². The summed E-state index contributed by atoms with van der Waals surface area (Å²) >= 11 is 7.63. The van der Waals surface area contributed by atoms with Crippen molar-refractivity contribution in [1.29, 1.82) is 0 Å². The molecule has 6 heteroatoms. The van der Waals surface area contributed by atoms with E-state index in [0.29, 0.717) is 17.9 Å². The van der Waals surface area contributed by atoms with Gasteiger partial charge in [0.15, 0.2) is 0 Å². The van der Waals surface area contributed by atoms with Crippen molar-refractivity contribution in [3.05, 3.63) is 60.2 Å². The zero-order chi connectivity index (χ0) is 18.2. The van der Waals surface area contributed by atoms with Crippen molar-refractivity contribution >= 4 is 40.9 Å². The van der Waals surface area contributed by atoms with Crippen molar-refractivity contribution < 1.29 is 14.3 Å². The first-order chi connectivity index (χ1) is 12.0. The number of carbonyl (C=O) groups excluding carboxylic acids is 2. The van der Waals surface area contributed by atoms with Crippen LogP contribution in [0.5, 0.6) is 0 Å². The van der Waals surface area contributed by atoms with E-state index in [-0.39, 0.29) is 17.3 Å². The predicted molar refractivity (Wildman–Crippen MR) is 102 cm³/mol. The van der Waals surface area contributed by atoms with Crippen molar-refractivity contribution in [2.75, 3.05) is 11.9 Å².